The fraction of sp³-hybridized carbons (Fsp3) is 0.909. The Morgan fingerprint density at radius 3 is 2.75 bits per heavy atom. The topological polar surface area (TPSA) is 75.8 Å². The van der Waals surface area contributed by atoms with Crippen molar-refractivity contribution in [2.45, 2.75) is 37.4 Å². The van der Waals surface area contributed by atoms with Crippen LogP contribution in [0.15, 0.2) is 0 Å². The van der Waals surface area contributed by atoms with E-state index in [0.717, 1.165) is 19.3 Å². The van der Waals surface area contributed by atoms with E-state index in [1.165, 1.54) is 0 Å². The Morgan fingerprint density at radius 1 is 1.50 bits per heavy atom. The van der Waals surface area contributed by atoms with Crippen molar-refractivity contribution in [2.24, 2.45) is 5.73 Å². The van der Waals surface area contributed by atoms with Gasteiger partial charge in [0.15, 0.2) is 0 Å². The van der Waals surface area contributed by atoms with Crippen LogP contribution in [0.4, 0.5) is 0 Å². The van der Waals surface area contributed by atoms with Crippen LogP contribution in [-0.2, 0) is 9.53 Å². The lowest BCUT2D eigenvalue weighted by atomic mass is 9.83. The molecule has 2 fully saturated rings. The maximum atomic E-state index is 11.4. The number of hydrogen-bond donors (Lipinski definition) is 2. The van der Waals surface area contributed by atoms with Gasteiger partial charge in [-0.2, -0.15) is 0 Å². The SMILES string of the molecule is NCC(=O)N1CCC2(CC1)C[C@H](O)CCO2. The summed E-state index contributed by atoms with van der Waals surface area (Å²) in [6.07, 6.45) is 2.82. The van der Waals surface area contributed by atoms with Gasteiger partial charge in [-0.05, 0) is 19.3 Å². The molecule has 0 bridgehead atoms. The van der Waals surface area contributed by atoms with Crippen LogP contribution in [0.2, 0.25) is 0 Å². The monoisotopic (exact) mass is 228 g/mol. The van der Waals surface area contributed by atoms with Crippen LogP contribution in [0.3, 0.4) is 0 Å². The first-order valence-corrected chi connectivity index (χ1v) is 5.95. The smallest absolute Gasteiger partial charge is 0.236 e. The van der Waals surface area contributed by atoms with Crippen LogP contribution in [0.1, 0.15) is 25.7 Å². The number of likely N-dealkylation sites (tertiary alicyclic amines) is 1. The average Bonchev–Trinajstić information content (AvgIpc) is 2.29. The molecule has 2 aliphatic rings. The fourth-order valence-corrected chi connectivity index (χ4v) is 2.64. The lowest BCUT2D eigenvalue weighted by Gasteiger charge is -2.45. The van der Waals surface area contributed by atoms with Crippen LogP contribution < -0.4 is 5.73 Å². The average molecular weight is 228 g/mol. The first kappa shape index (κ1) is 11.8. The molecule has 1 spiro atoms. The van der Waals surface area contributed by atoms with Gasteiger partial charge in [0.2, 0.25) is 5.91 Å². The van der Waals surface area contributed by atoms with Gasteiger partial charge < -0.3 is 20.5 Å². The third-order valence-corrected chi connectivity index (χ3v) is 3.67. The largest absolute Gasteiger partial charge is 0.393 e. The Kier molecular flexibility index (Phi) is 3.47. The Morgan fingerprint density at radius 2 is 2.19 bits per heavy atom. The zero-order valence-corrected chi connectivity index (χ0v) is 9.52. The molecule has 2 heterocycles. The van der Waals surface area contributed by atoms with E-state index in [1.54, 1.807) is 4.90 Å². The van der Waals surface area contributed by atoms with Crippen molar-refractivity contribution >= 4 is 5.91 Å². The molecule has 16 heavy (non-hydrogen) atoms. The Hall–Kier alpha value is -0.650. The molecule has 0 aromatic rings. The van der Waals surface area contributed by atoms with Crippen LogP contribution in [0.25, 0.3) is 0 Å². The number of amides is 1. The molecule has 0 aliphatic carbocycles. The number of carbonyl (C=O) groups is 1. The summed E-state index contributed by atoms with van der Waals surface area (Å²) in [5, 5.41) is 9.67. The lowest BCUT2D eigenvalue weighted by Crippen LogP contribution is -2.52. The molecule has 5 nitrogen and oxygen atoms in total. The summed E-state index contributed by atoms with van der Waals surface area (Å²) < 4.78 is 5.81. The lowest BCUT2D eigenvalue weighted by molar-refractivity contribution is -0.153. The molecule has 3 N–H and O–H groups in total. The molecule has 5 heteroatoms. The third kappa shape index (κ3) is 2.36. The van der Waals surface area contributed by atoms with E-state index >= 15 is 0 Å². The molecule has 92 valence electrons. The molecule has 0 unspecified atom stereocenters. The summed E-state index contributed by atoms with van der Waals surface area (Å²) in [5.41, 5.74) is 5.14. The molecule has 0 aromatic carbocycles. The van der Waals surface area contributed by atoms with Crippen LogP contribution in [0, 0.1) is 0 Å². The van der Waals surface area contributed by atoms with Crippen molar-refractivity contribution in [1.29, 1.82) is 0 Å². The minimum absolute atomic E-state index is 0.00575. The molecular weight excluding hydrogens is 208 g/mol. The van der Waals surface area contributed by atoms with Gasteiger partial charge in [0.25, 0.3) is 0 Å². The number of ether oxygens (including phenoxy) is 1. The van der Waals surface area contributed by atoms with Crippen LogP contribution >= 0.6 is 0 Å². The fourth-order valence-electron chi connectivity index (χ4n) is 2.64. The maximum Gasteiger partial charge on any atom is 0.236 e. The molecule has 0 saturated carbocycles. The van der Waals surface area contributed by atoms with Crippen LogP contribution in [-0.4, -0.2) is 53.9 Å². The third-order valence-electron chi connectivity index (χ3n) is 3.67. The van der Waals surface area contributed by atoms with Gasteiger partial charge in [0, 0.05) is 26.1 Å². The van der Waals surface area contributed by atoms with Crippen molar-refractivity contribution in [3.05, 3.63) is 0 Å². The summed E-state index contributed by atoms with van der Waals surface area (Å²) in [5.74, 6) is 0.00575. The summed E-state index contributed by atoms with van der Waals surface area (Å²) in [6.45, 7) is 2.11. The van der Waals surface area contributed by atoms with Gasteiger partial charge in [0.1, 0.15) is 0 Å². The van der Waals surface area contributed by atoms with Gasteiger partial charge in [0.05, 0.1) is 18.2 Å². The predicted molar refractivity (Wildman–Crippen MR) is 58.8 cm³/mol. The highest BCUT2D eigenvalue weighted by molar-refractivity contribution is 5.78. The van der Waals surface area contributed by atoms with Crippen molar-refractivity contribution in [2.75, 3.05) is 26.2 Å². The van der Waals surface area contributed by atoms with Crippen molar-refractivity contribution in [3.8, 4) is 0 Å². The van der Waals surface area contributed by atoms with Gasteiger partial charge in [-0.15, -0.1) is 0 Å². The standard InChI is InChI=1S/C11H20N2O3/c12-8-10(15)13-4-2-11(3-5-13)7-9(14)1-6-16-11/h9,14H,1-8,12H2/t9-/m1/s1. The van der Waals surface area contributed by atoms with Crippen LogP contribution in [0.5, 0.6) is 0 Å². The van der Waals surface area contributed by atoms with Gasteiger partial charge in [-0.25, -0.2) is 0 Å². The minimum Gasteiger partial charge on any atom is -0.393 e. The maximum absolute atomic E-state index is 11.4. The molecule has 2 saturated heterocycles. The highest BCUT2D eigenvalue weighted by Crippen LogP contribution is 2.34. The second kappa shape index (κ2) is 4.69. The van der Waals surface area contributed by atoms with Crippen molar-refractivity contribution < 1.29 is 14.6 Å². The van der Waals surface area contributed by atoms with Crippen molar-refractivity contribution in [1.82, 2.24) is 4.90 Å². The molecule has 1 amide bonds. The number of aliphatic hydroxyl groups excluding tert-OH is 1. The van der Waals surface area contributed by atoms with E-state index < -0.39 is 0 Å². The number of piperidine rings is 1. The highest BCUT2D eigenvalue weighted by Gasteiger charge is 2.40. The number of carbonyl (C=O) groups excluding carboxylic acids is 1. The Bertz CT molecular complexity index is 262. The van der Waals surface area contributed by atoms with E-state index in [1.807, 2.05) is 0 Å². The first-order valence-electron chi connectivity index (χ1n) is 5.95. The number of aliphatic hydroxyl groups is 1. The van der Waals surface area contributed by atoms with E-state index in [-0.39, 0.29) is 24.2 Å². The molecule has 2 aliphatic heterocycles. The zero-order chi connectivity index (χ0) is 11.6. The number of nitrogens with two attached hydrogens (primary N) is 1. The number of hydrogen-bond acceptors (Lipinski definition) is 4. The highest BCUT2D eigenvalue weighted by atomic mass is 16.5. The molecular formula is C11H20N2O3. The second-order valence-electron chi connectivity index (χ2n) is 4.76. The zero-order valence-electron chi connectivity index (χ0n) is 9.52. The van der Waals surface area contributed by atoms with E-state index in [9.17, 15) is 9.90 Å². The second-order valence-corrected chi connectivity index (χ2v) is 4.76. The Balaban J connectivity index is 1.90. The molecule has 0 aromatic heterocycles. The quantitative estimate of drug-likeness (QED) is 0.633. The Labute approximate surface area is 95.5 Å². The molecule has 1 atom stereocenters. The summed E-state index contributed by atoms with van der Waals surface area (Å²) in [4.78, 5) is 13.2. The summed E-state index contributed by atoms with van der Waals surface area (Å²) in [6, 6.07) is 0. The number of rotatable bonds is 1. The summed E-state index contributed by atoms with van der Waals surface area (Å²) >= 11 is 0. The van der Waals surface area contributed by atoms with E-state index in [4.69, 9.17) is 10.5 Å². The van der Waals surface area contributed by atoms with Crippen molar-refractivity contribution in [3.63, 3.8) is 0 Å². The van der Waals surface area contributed by atoms with Gasteiger partial charge in [-0.1, -0.05) is 0 Å². The first-order chi connectivity index (χ1) is 7.65. The van der Waals surface area contributed by atoms with Gasteiger partial charge in [-0.3, -0.25) is 4.79 Å². The summed E-state index contributed by atoms with van der Waals surface area (Å²) in [7, 11) is 0. The van der Waals surface area contributed by atoms with E-state index in [2.05, 4.69) is 0 Å². The molecule has 2 rings (SSSR count). The van der Waals surface area contributed by atoms with Gasteiger partial charge >= 0.3 is 0 Å². The minimum atomic E-state index is -0.245. The normalized spacial score (nSPS) is 29.4. The predicted octanol–water partition coefficient (Wildman–Crippen LogP) is -0.522. The number of nitrogens with zero attached hydrogens (tertiary/aromatic N) is 1. The molecule has 0 radical (unpaired) electrons. The van der Waals surface area contributed by atoms with E-state index in [0.29, 0.717) is 26.1 Å².